The SMILES string of the molecule is CCCCn1nc(C)c(O)c1-c1nc(-c2nc(C(N)=O)cc3c2cnn3C)c(CN)o1. The number of aryl methyl sites for hydroxylation is 3. The highest BCUT2D eigenvalue weighted by atomic mass is 16.4. The smallest absolute Gasteiger partial charge is 0.267 e. The standard InChI is InChI=1S/C20H24N8O3/c1-4-5-6-28-17(18(29)10(2)26-28)20-25-16(14(8-21)31-20)15-11-9-23-27(3)13(11)7-12(24-15)19(22)30/h7,9,29H,4-6,8,21H2,1-3H3,(H2,22,30). The van der Waals surface area contributed by atoms with Crippen LogP contribution in [0.3, 0.4) is 0 Å². The Labute approximate surface area is 177 Å². The van der Waals surface area contributed by atoms with Gasteiger partial charge in [0.1, 0.15) is 28.5 Å². The van der Waals surface area contributed by atoms with Gasteiger partial charge in [-0.2, -0.15) is 10.2 Å². The fraction of sp³-hybridized carbons (Fsp3) is 0.350. The summed E-state index contributed by atoms with van der Waals surface area (Å²) < 4.78 is 9.23. The molecule has 0 fully saturated rings. The first-order valence-electron chi connectivity index (χ1n) is 9.95. The number of aromatic hydroxyl groups is 1. The molecule has 1 amide bonds. The minimum atomic E-state index is -0.673. The molecule has 5 N–H and O–H groups in total. The zero-order valence-corrected chi connectivity index (χ0v) is 17.6. The van der Waals surface area contributed by atoms with Crippen LogP contribution in [0.1, 0.15) is 41.7 Å². The highest BCUT2D eigenvalue weighted by molar-refractivity contribution is 5.99. The number of rotatable bonds is 7. The summed E-state index contributed by atoms with van der Waals surface area (Å²) in [7, 11) is 1.75. The molecule has 4 aromatic heterocycles. The second-order valence-electron chi connectivity index (χ2n) is 7.28. The molecule has 0 aliphatic rings. The van der Waals surface area contributed by atoms with Crippen molar-refractivity contribution >= 4 is 16.8 Å². The van der Waals surface area contributed by atoms with Gasteiger partial charge in [0.25, 0.3) is 5.91 Å². The third-order valence-electron chi connectivity index (χ3n) is 5.13. The van der Waals surface area contributed by atoms with Gasteiger partial charge in [-0.3, -0.25) is 14.2 Å². The number of hydrogen-bond acceptors (Lipinski definition) is 8. The number of hydrogen-bond donors (Lipinski definition) is 3. The molecule has 0 aromatic carbocycles. The number of carbonyl (C=O) groups excluding carboxylic acids is 1. The van der Waals surface area contributed by atoms with Gasteiger partial charge >= 0.3 is 0 Å². The Bertz CT molecular complexity index is 1280. The van der Waals surface area contributed by atoms with Crippen LogP contribution in [0.25, 0.3) is 33.9 Å². The van der Waals surface area contributed by atoms with Crippen molar-refractivity contribution in [1.82, 2.24) is 29.5 Å². The number of oxazole rings is 1. The topological polar surface area (TPSA) is 164 Å². The summed E-state index contributed by atoms with van der Waals surface area (Å²) >= 11 is 0. The summed E-state index contributed by atoms with van der Waals surface area (Å²) in [4.78, 5) is 20.9. The summed E-state index contributed by atoms with van der Waals surface area (Å²) in [6, 6.07) is 1.58. The molecule has 0 radical (unpaired) electrons. The maximum atomic E-state index is 11.9. The Morgan fingerprint density at radius 2 is 2.06 bits per heavy atom. The molecule has 0 unspecified atom stereocenters. The van der Waals surface area contributed by atoms with E-state index in [0.717, 1.165) is 12.8 Å². The summed E-state index contributed by atoms with van der Waals surface area (Å²) in [5.74, 6) is -0.145. The van der Waals surface area contributed by atoms with Crippen LogP contribution in [-0.4, -0.2) is 40.5 Å². The van der Waals surface area contributed by atoms with E-state index in [-0.39, 0.29) is 23.9 Å². The zero-order chi connectivity index (χ0) is 22.3. The fourth-order valence-electron chi connectivity index (χ4n) is 3.48. The Morgan fingerprint density at radius 3 is 2.74 bits per heavy atom. The van der Waals surface area contributed by atoms with Crippen molar-refractivity contribution in [3.05, 3.63) is 29.4 Å². The lowest BCUT2D eigenvalue weighted by Gasteiger charge is -2.04. The van der Waals surface area contributed by atoms with Gasteiger partial charge < -0.3 is 21.0 Å². The molecule has 4 rings (SSSR count). The molecule has 0 aliphatic carbocycles. The molecular formula is C20H24N8O3. The summed E-state index contributed by atoms with van der Waals surface area (Å²) in [6.07, 6.45) is 3.47. The maximum Gasteiger partial charge on any atom is 0.267 e. The Kier molecular flexibility index (Phi) is 5.19. The van der Waals surface area contributed by atoms with Crippen molar-refractivity contribution < 1.29 is 14.3 Å². The third-order valence-corrected chi connectivity index (χ3v) is 5.13. The van der Waals surface area contributed by atoms with Crippen molar-refractivity contribution in [2.45, 2.75) is 39.8 Å². The van der Waals surface area contributed by atoms with Gasteiger partial charge in [-0.1, -0.05) is 13.3 Å². The van der Waals surface area contributed by atoms with Gasteiger partial charge in [0.15, 0.2) is 11.4 Å². The van der Waals surface area contributed by atoms with Crippen LogP contribution < -0.4 is 11.5 Å². The van der Waals surface area contributed by atoms with Gasteiger partial charge in [0.2, 0.25) is 5.89 Å². The molecule has 0 bridgehead atoms. The van der Waals surface area contributed by atoms with Crippen molar-refractivity contribution in [3.63, 3.8) is 0 Å². The number of fused-ring (bicyclic) bond motifs is 1. The monoisotopic (exact) mass is 424 g/mol. The molecule has 0 saturated heterocycles. The lowest BCUT2D eigenvalue weighted by atomic mass is 10.1. The quantitative estimate of drug-likeness (QED) is 0.404. The number of nitrogens with two attached hydrogens (primary N) is 2. The lowest BCUT2D eigenvalue weighted by molar-refractivity contribution is 0.0996. The number of pyridine rings is 1. The molecular weight excluding hydrogens is 400 g/mol. The minimum Gasteiger partial charge on any atom is -0.504 e. The molecule has 4 heterocycles. The predicted octanol–water partition coefficient (Wildman–Crippen LogP) is 1.86. The van der Waals surface area contributed by atoms with E-state index in [1.165, 1.54) is 0 Å². The van der Waals surface area contributed by atoms with Gasteiger partial charge in [0.05, 0.1) is 18.3 Å². The van der Waals surface area contributed by atoms with Crippen molar-refractivity contribution in [2.75, 3.05) is 0 Å². The van der Waals surface area contributed by atoms with Crippen LogP contribution in [0.4, 0.5) is 0 Å². The van der Waals surface area contributed by atoms with Crippen LogP contribution in [0.15, 0.2) is 16.7 Å². The molecule has 0 spiro atoms. The van der Waals surface area contributed by atoms with E-state index in [2.05, 4.69) is 27.1 Å². The highest BCUT2D eigenvalue weighted by Crippen LogP contribution is 2.36. The number of amides is 1. The van der Waals surface area contributed by atoms with Gasteiger partial charge in [-0.15, -0.1) is 0 Å². The highest BCUT2D eigenvalue weighted by Gasteiger charge is 2.26. The largest absolute Gasteiger partial charge is 0.504 e. The van der Waals surface area contributed by atoms with Crippen molar-refractivity contribution in [1.29, 1.82) is 0 Å². The van der Waals surface area contributed by atoms with Crippen LogP contribution >= 0.6 is 0 Å². The van der Waals surface area contributed by atoms with E-state index in [1.807, 2.05) is 0 Å². The average Bonchev–Trinajstić information content (AvgIpc) is 3.42. The number of nitrogens with zero attached hydrogens (tertiary/aromatic N) is 6. The van der Waals surface area contributed by atoms with E-state index in [1.54, 1.807) is 35.6 Å². The van der Waals surface area contributed by atoms with E-state index >= 15 is 0 Å². The van der Waals surface area contributed by atoms with Crippen molar-refractivity contribution in [3.8, 4) is 28.7 Å². The number of carbonyl (C=O) groups is 1. The average molecular weight is 424 g/mol. The summed E-state index contributed by atoms with van der Waals surface area (Å²) in [6.45, 7) is 4.43. The number of aromatic nitrogens is 6. The first-order chi connectivity index (χ1) is 14.8. The molecule has 11 nitrogen and oxygen atoms in total. The maximum absolute atomic E-state index is 11.9. The second kappa shape index (κ2) is 7.84. The first-order valence-corrected chi connectivity index (χ1v) is 9.95. The molecule has 4 aromatic rings. The molecule has 0 saturated carbocycles. The van der Waals surface area contributed by atoms with E-state index in [9.17, 15) is 9.90 Å². The molecule has 162 valence electrons. The second-order valence-corrected chi connectivity index (χ2v) is 7.28. The van der Waals surface area contributed by atoms with Crippen LogP contribution in [0.2, 0.25) is 0 Å². The Balaban J connectivity index is 1.94. The molecule has 11 heteroatoms. The Morgan fingerprint density at radius 1 is 1.29 bits per heavy atom. The van der Waals surface area contributed by atoms with Crippen LogP contribution in [0, 0.1) is 6.92 Å². The van der Waals surface area contributed by atoms with Gasteiger partial charge in [0, 0.05) is 19.0 Å². The van der Waals surface area contributed by atoms with Crippen LogP contribution in [0.5, 0.6) is 5.75 Å². The van der Waals surface area contributed by atoms with E-state index in [0.29, 0.717) is 46.0 Å². The van der Waals surface area contributed by atoms with Crippen LogP contribution in [-0.2, 0) is 20.1 Å². The summed E-state index contributed by atoms with van der Waals surface area (Å²) in [5.41, 5.74) is 13.7. The van der Waals surface area contributed by atoms with Gasteiger partial charge in [-0.25, -0.2) is 9.97 Å². The Hall–Kier alpha value is -3.73. The summed E-state index contributed by atoms with van der Waals surface area (Å²) in [5, 5.41) is 19.9. The molecule has 0 atom stereocenters. The third kappa shape index (κ3) is 3.42. The number of unbranched alkanes of at least 4 members (excludes halogenated alkanes) is 1. The minimum absolute atomic E-state index is 0.00200. The number of primary amides is 1. The first kappa shape index (κ1) is 20.5. The van der Waals surface area contributed by atoms with E-state index in [4.69, 9.17) is 15.9 Å². The predicted molar refractivity (Wildman–Crippen MR) is 113 cm³/mol. The zero-order valence-electron chi connectivity index (χ0n) is 17.6. The normalized spacial score (nSPS) is 11.5. The molecule has 31 heavy (non-hydrogen) atoms. The fourth-order valence-corrected chi connectivity index (χ4v) is 3.48. The molecule has 0 aliphatic heterocycles. The van der Waals surface area contributed by atoms with Gasteiger partial charge in [-0.05, 0) is 19.4 Å². The lowest BCUT2D eigenvalue weighted by Crippen LogP contribution is -2.14. The van der Waals surface area contributed by atoms with Crippen molar-refractivity contribution in [2.24, 2.45) is 18.5 Å². The van der Waals surface area contributed by atoms with E-state index < -0.39 is 5.91 Å².